The van der Waals surface area contributed by atoms with Crippen molar-refractivity contribution in [1.82, 2.24) is 20.2 Å². The van der Waals surface area contributed by atoms with Crippen LogP contribution in [0.2, 0.25) is 0 Å². The zero-order valence-electron chi connectivity index (χ0n) is 15.2. The Balaban J connectivity index is 1.57. The van der Waals surface area contributed by atoms with Crippen molar-refractivity contribution in [2.24, 2.45) is 0 Å². The Morgan fingerprint density at radius 2 is 1.93 bits per heavy atom. The number of hydrogen-bond donors (Lipinski definition) is 1. The van der Waals surface area contributed by atoms with Crippen LogP contribution in [0, 0.1) is 0 Å². The molecular formula is C18H17N5O2S3. The maximum atomic E-state index is 5.24. The number of ether oxygens (including phenoxy) is 2. The van der Waals surface area contributed by atoms with Gasteiger partial charge < -0.3 is 14.8 Å². The first kappa shape index (κ1) is 19.1. The Hall–Kier alpha value is -2.27. The smallest absolute Gasteiger partial charge is 0.206 e. The molecule has 0 unspecified atom stereocenters. The van der Waals surface area contributed by atoms with E-state index in [9.17, 15) is 0 Å². The van der Waals surface area contributed by atoms with Gasteiger partial charge in [-0.15, -0.1) is 21.5 Å². The van der Waals surface area contributed by atoms with E-state index >= 15 is 0 Å². The molecule has 3 aromatic heterocycles. The Morgan fingerprint density at radius 1 is 1.07 bits per heavy atom. The summed E-state index contributed by atoms with van der Waals surface area (Å²) < 4.78 is 12.1. The van der Waals surface area contributed by atoms with E-state index in [1.807, 2.05) is 24.3 Å². The molecule has 0 bridgehead atoms. The fraction of sp³-hybridized carbons (Fsp3) is 0.222. The van der Waals surface area contributed by atoms with Crippen LogP contribution in [0.1, 0.15) is 0 Å². The van der Waals surface area contributed by atoms with Gasteiger partial charge in [-0.1, -0.05) is 11.3 Å². The summed E-state index contributed by atoms with van der Waals surface area (Å²) in [7, 11) is 3.34. The minimum absolute atomic E-state index is 0.623. The van der Waals surface area contributed by atoms with E-state index in [-0.39, 0.29) is 0 Å². The minimum Gasteiger partial charge on any atom is -0.497 e. The van der Waals surface area contributed by atoms with Gasteiger partial charge in [-0.3, -0.25) is 0 Å². The second kappa shape index (κ2) is 8.82. The topological polar surface area (TPSA) is 82.0 Å². The van der Waals surface area contributed by atoms with E-state index in [1.54, 1.807) is 31.9 Å². The van der Waals surface area contributed by atoms with Crippen LogP contribution in [0.25, 0.3) is 20.7 Å². The number of rotatable bonds is 8. The standard InChI is InChI=1S/C18H17N5O2S3/c1-24-8-7-19-17-22-23-18(28-17)27-16-15-13(20-10-21-16)9-14(26-15)11-3-5-12(25-2)6-4-11/h3-6,9-10H,7-8H2,1-2H3,(H,19,22). The van der Waals surface area contributed by atoms with E-state index in [4.69, 9.17) is 9.47 Å². The zero-order chi connectivity index (χ0) is 19.3. The number of aromatic nitrogens is 4. The highest BCUT2D eigenvalue weighted by molar-refractivity contribution is 8.01. The zero-order valence-corrected chi connectivity index (χ0v) is 17.7. The average molecular weight is 432 g/mol. The lowest BCUT2D eigenvalue weighted by Gasteiger charge is -2.00. The van der Waals surface area contributed by atoms with Crippen LogP contribution in [0.5, 0.6) is 5.75 Å². The first-order valence-electron chi connectivity index (χ1n) is 8.40. The third kappa shape index (κ3) is 4.25. The lowest BCUT2D eigenvalue weighted by atomic mass is 10.2. The number of nitrogens with one attached hydrogen (secondary N) is 1. The second-order valence-electron chi connectivity index (χ2n) is 5.63. The van der Waals surface area contributed by atoms with E-state index in [1.165, 1.54) is 23.1 Å². The van der Waals surface area contributed by atoms with E-state index in [0.29, 0.717) is 13.2 Å². The molecule has 10 heteroatoms. The van der Waals surface area contributed by atoms with E-state index in [0.717, 1.165) is 40.9 Å². The summed E-state index contributed by atoms with van der Waals surface area (Å²) in [5.74, 6) is 0.840. The highest BCUT2D eigenvalue weighted by Gasteiger charge is 2.14. The van der Waals surface area contributed by atoms with Crippen LogP contribution in [0.4, 0.5) is 5.13 Å². The number of methoxy groups -OCH3 is 2. The Labute approximate surface area is 174 Å². The third-order valence-electron chi connectivity index (χ3n) is 3.83. The molecule has 28 heavy (non-hydrogen) atoms. The molecule has 144 valence electrons. The van der Waals surface area contributed by atoms with Crippen LogP contribution in [-0.2, 0) is 4.74 Å². The van der Waals surface area contributed by atoms with Gasteiger partial charge >= 0.3 is 0 Å². The number of thiophene rings is 1. The predicted molar refractivity (Wildman–Crippen MR) is 114 cm³/mol. The minimum atomic E-state index is 0.623. The first-order valence-corrected chi connectivity index (χ1v) is 10.8. The second-order valence-corrected chi connectivity index (χ2v) is 8.89. The van der Waals surface area contributed by atoms with E-state index in [2.05, 4.69) is 31.5 Å². The van der Waals surface area contributed by atoms with Crippen molar-refractivity contribution in [1.29, 1.82) is 0 Å². The van der Waals surface area contributed by atoms with Crippen molar-refractivity contribution in [3.63, 3.8) is 0 Å². The molecule has 0 amide bonds. The number of anilines is 1. The molecule has 0 saturated heterocycles. The molecule has 3 heterocycles. The summed E-state index contributed by atoms with van der Waals surface area (Å²) in [6.45, 7) is 1.32. The third-order valence-corrected chi connectivity index (χ3v) is 7.07. The fourth-order valence-electron chi connectivity index (χ4n) is 2.47. The Bertz CT molecular complexity index is 1060. The molecule has 0 radical (unpaired) electrons. The Kier molecular flexibility index (Phi) is 6.01. The van der Waals surface area contributed by atoms with Gasteiger partial charge in [-0.05, 0) is 47.7 Å². The van der Waals surface area contributed by atoms with Crippen molar-refractivity contribution in [3.8, 4) is 16.2 Å². The summed E-state index contributed by atoms with van der Waals surface area (Å²) in [6, 6.07) is 10.1. The molecule has 0 aliphatic heterocycles. The maximum absolute atomic E-state index is 5.24. The van der Waals surface area contributed by atoms with Crippen molar-refractivity contribution < 1.29 is 9.47 Å². The summed E-state index contributed by atoms with van der Waals surface area (Å²) >= 11 is 4.67. The predicted octanol–water partition coefficient (Wildman–Crippen LogP) is 4.43. The normalized spacial score (nSPS) is 11.1. The molecule has 0 spiro atoms. The SMILES string of the molecule is COCCNc1nnc(Sc2ncnc3cc(-c4ccc(OC)cc4)sc23)s1. The Morgan fingerprint density at radius 3 is 2.71 bits per heavy atom. The van der Waals surface area contributed by atoms with Gasteiger partial charge in [0, 0.05) is 18.5 Å². The quantitative estimate of drug-likeness (QED) is 0.324. The van der Waals surface area contributed by atoms with Crippen LogP contribution < -0.4 is 10.1 Å². The number of nitrogens with zero attached hydrogens (tertiary/aromatic N) is 4. The van der Waals surface area contributed by atoms with Crippen molar-refractivity contribution in [2.75, 3.05) is 32.7 Å². The highest BCUT2D eigenvalue weighted by Crippen LogP contribution is 2.40. The summed E-state index contributed by atoms with van der Waals surface area (Å²) in [5.41, 5.74) is 2.05. The molecule has 0 aliphatic rings. The summed E-state index contributed by atoms with van der Waals surface area (Å²) in [6.07, 6.45) is 1.59. The number of fused-ring (bicyclic) bond motifs is 1. The van der Waals surface area contributed by atoms with Crippen LogP contribution in [-0.4, -0.2) is 47.5 Å². The molecule has 1 N–H and O–H groups in total. The van der Waals surface area contributed by atoms with Gasteiger partial charge in [0.15, 0.2) is 4.34 Å². The molecule has 4 rings (SSSR count). The molecule has 7 nitrogen and oxygen atoms in total. The average Bonchev–Trinajstić information content (AvgIpc) is 3.36. The van der Waals surface area contributed by atoms with Gasteiger partial charge in [0.2, 0.25) is 5.13 Å². The molecule has 0 fully saturated rings. The van der Waals surface area contributed by atoms with Crippen LogP contribution in [0.3, 0.4) is 0 Å². The fourth-order valence-corrected chi connectivity index (χ4v) is 5.41. The van der Waals surface area contributed by atoms with Crippen LogP contribution in [0.15, 0.2) is 46.0 Å². The largest absolute Gasteiger partial charge is 0.497 e. The van der Waals surface area contributed by atoms with Crippen molar-refractivity contribution >= 4 is 49.8 Å². The van der Waals surface area contributed by atoms with Crippen molar-refractivity contribution in [3.05, 3.63) is 36.7 Å². The number of hydrogen-bond acceptors (Lipinski definition) is 10. The first-order chi connectivity index (χ1) is 13.8. The molecule has 0 aliphatic carbocycles. The van der Waals surface area contributed by atoms with Crippen molar-refractivity contribution in [2.45, 2.75) is 9.37 Å². The number of benzene rings is 1. The lowest BCUT2D eigenvalue weighted by molar-refractivity contribution is 0.211. The van der Waals surface area contributed by atoms with Gasteiger partial charge in [-0.25, -0.2) is 9.97 Å². The van der Waals surface area contributed by atoms with Gasteiger partial charge in [0.25, 0.3) is 0 Å². The van der Waals surface area contributed by atoms with Gasteiger partial charge in [-0.2, -0.15) is 0 Å². The molecule has 0 atom stereocenters. The lowest BCUT2D eigenvalue weighted by Crippen LogP contribution is -2.06. The summed E-state index contributed by atoms with van der Waals surface area (Å²) in [4.78, 5) is 10.0. The monoisotopic (exact) mass is 431 g/mol. The van der Waals surface area contributed by atoms with Gasteiger partial charge in [0.1, 0.15) is 17.1 Å². The summed E-state index contributed by atoms with van der Waals surface area (Å²) in [5, 5.41) is 13.2. The maximum Gasteiger partial charge on any atom is 0.206 e. The van der Waals surface area contributed by atoms with E-state index < -0.39 is 0 Å². The molecule has 4 aromatic rings. The molecular weight excluding hydrogens is 414 g/mol. The highest BCUT2D eigenvalue weighted by atomic mass is 32.2. The molecule has 1 aromatic carbocycles. The van der Waals surface area contributed by atoms with Gasteiger partial charge in [0.05, 0.1) is 23.9 Å². The molecule has 0 saturated carbocycles. The van der Waals surface area contributed by atoms with Crippen LogP contribution >= 0.6 is 34.4 Å².